The van der Waals surface area contributed by atoms with Crippen LogP contribution in [0.3, 0.4) is 0 Å². The minimum Gasteiger partial charge on any atom is -0.450 e. The van der Waals surface area contributed by atoms with Crippen LogP contribution in [0.25, 0.3) is 0 Å². The van der Waals surface area contributed by atoms with E-state index in [0.717, 1.165) is 5.56 Å². The molecule has 0 radical (unpaired) electrons. The molecule has 0 saturated heterocycles. The van der Waals surface area contributed by atoms with Gasteiger partial charge in [-0.25, -0.2) is 4.79 Å². The zero-order chi connectivity index (χ0) is 12.1. The van der Waals surface area contributed by atoms with Crippen molar-refractivity contribution in [2.24, 2.45) is 5.73 Å². The Balaban J connectivity index is 3.00. The summed E-state index contributed by atoms with van der Waals surface area (Å²) in [5.74, 6) is 0. The van der Waals surface area contributed by atoms with Gasteiger partial charge in [0.1, 0.15) is 4.99 Å². The average Bonchev–Trinajstić information content (AvgIpc) is 2.17. The zero-order valence-corrected chi connectivity index (χ0v) is 10.1. The highest BCUT2D eigenvalue weighted by Gasteiger charge is 2.11. The SMILES string of the molecule is CCOC(=O)Nc1cccc(C)c1C(N)=S. The Morgan fingerprint density at radius 3 is 2.81 bits per heavy atom. The van der Waals surface area contributed by atoms with Gasteiger partial charge in [0, 0.05) is 5.56 Å². The smallest absolute Gasteiger partial charge is 0.411 e. The lowest BCUT2D eigenvalue weighted by atomic mass is 10.1. The summed E-state index contributed by atoms with van der Waals surface area (Å²) in [6.07, 6.45) is -0.509. The number of carbonyl (C=O) groups excluding carboxylic acids is 1. The average molecular weight is 238 g/mol. The largest absolute Gasteiger partial charge is 0.450 e. The molecule has 1 amide bonds. The fourth-order valence-corrected chi connectivity index (χ4v) is 1.65. The van der Waals surface area contributed by atoms with E-state index >= 15 is 0 Å². The van der Waals surface area contributed by atoms with E-state index in [0.29, 0.717) is 17.9 Å². The normalized spacial score (nSPS) is 9.62. The molecule has 16 heavy (non-hydrogen) atoms. The first-order chi connectivity index (χ1) is 7.56. The first-order valence-electron chi connectivity index (χ1n) is 4.89. The molecule has 86 valence electrons. The quantitative estimate of drug-likeness (QED) is 0.792. The number of carbonyl (C=O) groups is 1. The van der Waals surface area contributed by atoms with Crippen molar-refractivity contribution in [3.05, 3.63) is 29.3 Å². The number of ether oxygens (including phenoxy) is 1. The van der Waals surface area contributed by atoms with Crippen LogP contribution < -0.4 is 11.1 Å². The van der Waals surface area contributed by atoms with Crippen molar-refractivity contribution >= 4 is 29.0 Å². The summed E-state index contributed by atoms with van der Waals surface area (Å²) in [4.78, 5) is 11.5. The van der Waals surface area contributed by atoms with Gasteiger partial charge in [0.2, 0.25) is 0 Å². The highest BCUT2D eigenvalue weighted by molar-refractivity contribution is 7.80. The maximum atomic E-state index is 11.3. The van der Waals surface area contributed by atoms with E-state index in [2.05, 4.69) is 5.32 Å². The molecule has 0 aliphatic rings. The number of nitrogens with two attached hydrogens (primary N) is 1. The molecule has 3 N–H and O–H groups in total. The summed E-state index contributed by atoms with van der Waals surface area (Å²) in [6.45, 7) is 3.94. The second kappa shape index (κ2) is 5.46. The third-order valence-electron chi connectivity index (χ3n) is 2.03. The van der Waals surface area contributed by atoms with Crippen LogP contribution in [-0.4, -0.2) is 17.7 Å². The van der Waals surface area contributed by atoms with Crippen LogP contribution in [0.2, 0.25) is 0 Å². The Labute approximate surface area is 99.8 Å². The molecule has 0 aromatic heterocycles. The van der Waals surface area contributed by atoms with E-state index in [-0.39, 0.29) is 4.99 Å². The van der Waals surface area contributed by atoms with Gasteiger partial charge in [-0.05, 0) is 25.5 Å². The van der Waals surface area contributed by atoms with Gasteiger partial charge in [-0.3, -0.25) is 5.32 Å². The molecule has 0 aliphatic heterocycles. The summed E-state index contributed by atoms with van der Waals surface area (Å²) in [5, 5.41) is 2.60. The lowest BCUT2D eigenvalue weighted by Gasteiger charge is -2.12. The van der Waals surface area contributed by atoms with Crippen molar-refractivity contribution in [3.8, 4) is 0 Å². The minimum absolute atomic E-state index is 0.255. The van der Waals surface area contributed by atoms with Crippen LogP contribution in [0, 0.1) is 6.92 Å². The maximum absolute atomic E-state index is 11.3. The highest BCUT2D eigenvalue weighted by atomic mass is 32.1. The molecule has 4 nitrogen and oxygen atoms in total. The lowest BCUT2D eigenvalue weighted by molar-refractivity contribution is 0.168. The van der Waals surface area contributed by atoms with Crippen molar-refractivity contribution in [2.75, 3.05) is 11.9 Å². The van der Waals surface area contributed by atoms with E-state index < -0.39 is 6.09 Å². The predicted molar refractivity (Wildman–Crippen MR) is 67.7 cm³/mol. The lowest BCUT2D eigenvalue weighted by Crippen LogP contribution is -2.19. The molecule has 0 bridgehead atoms. The number of benzene rings is 1. The third-order valence-corrected chi connectivity index (χ3v) is 2.24. The van der Waals surface area contributed by atoms with Gasteiger partial charge >= 0.3 is 6.09 Å². The molecule has 1 rings (SSSR count). The van der Waals surface area contributed by atoms with Crippen LogP contribution in [0.5, 0.6) is 0 Å². The predicted octanol–water partition coefficient (Wildman–Crippen LogP) is 2.20. The molecular formula is C11H14N2O2S. The van der Waals surface area contributed by atoms with E-state index in [1.807, 2.05) is 19.1 Å². The second-order valence-corrected chi connectivity index (χ2v) is 3.65. The molecule has 1 aromatic carbocycles. The number of hydrogen-bond donors (Lipinski definition) is 2. The van der Waals surface area contributed by atoms with E-state index in [4.69, 9.17) is 22.7 Å². The molecule has 1 aromatic rings. The van der Waals surface area contributed by atoms with Gasteiger partial charge in [0.05, 0.1) is 12.3 Å². The van der Waals surface area contributed by atoms with Crippen LogP contribution in [0.15, 0.2) is 18.2 Å². The summed E-state index contributed by atoms with van der Waals surface area (Å²) in [7, 11) is 0. The van der Waals surface area contributed by atoms with Crippen molar-refractivity contribution in [1.82, 2.24) is 0 Å². The molecule has 0 fully saturated rings. The molecule has 5 heteroatoms. The van der Waals surface area contributed by atoms with Gasteiger partial charge in [0.15, 0.2) is 0 Å². The van der Waals surface area contributed by atoms with Gasteiger partial charge in [-0.2, -0.15) is 0 Å². The number of thiocarbonyl (C=S) groups is 1. The Kier molecular flexibility index (Phi) is 4.25. The highest BCUT2D eigenvalue weighted by Crippen LogP contribution is 2.19. The summed E-state index contributed by atoms with van der Waals surface area (Å²) >= 11 is 4.94. The van der Waals surface area contributed by atoms with Gasteiger partial charge in [0.25, 0.3) is 0 Å². The standard InChI is InChI=1S/C11H14N2O2S/c1-3-15-11(14)13-8-6-4-5-7(2)9(8)10(12)16/h4-6H,3H2,1-2H3,(H2,12,16)(H,13,14). The molecular weight excluding hydrogens is 224 g/mol. The first-order valence-corrected chi connectivity index (χ1v) is 5.30. The molecule has 0 heterocycles. The van der Waals surface area contributed by atoms with Crippen LogP contribution in [0.1, 0.15) is 18.1 Å². The summed E-state index contributed by atoms with van der Waals surface area (Å²) < 4.78 is 4.79. The summed E-state index contributed by atoms with van der Waals surface area (Å²) in [5.41, 5.74) is 7.77. The molecule has 0 aliphatic carbocycles. The third kappa shape index (κ3) is 2.93. The Hall–Kier alpha value is -1.62. The first kappa shape index (κ1) is 12.4. The Morgan fingerprint density at radius 1 is 1.56 bits per heavy atom. The van der Waals surface area contributed by atoms with Crippen LogP contribution >= 0.6 is 12.2 Å². The molecule has 0 atom stereocenters. The minimum atomic E-state index is -0.509. The number of amides is 1. The van der Waals surface area contributed by atoms with E-state index in [9.17, 15) is 4.79 Å². The Bertz CT molecular complexity index is 418. The van der Waals surface area contributed by atoms with Crippen LogP contribution in [0.4, 0.5) is 10.5 Å². The van der Waals surface area contributed by atoms with Gasteiger partial charge in [-0.15, -0.1) is 0 Å². The van der Waals surface area contributed by atoms with Crippen molar-refractivity contribution in [3.63, 3.8) is 0 Å². The number of aryl methyl sites for hydroxylation is 1. The Morgan fingerprint density at radius 2 is 2.25 bits per heavy atom. The molecule has 0 unspecified atom stereocenters. The fraction of sp³-hybridized carbons (Fsp3) is 0.273. The maximum Gasteiger partial charge on any atom is 0.411 e. The topological polar surface area (TPSA) is 64.3 Å². The van der Waals surface area contributed by atoms with E-state index in [1.165, 1.54) is 0 Å². The molecule has 0 saturated carbocycles. The van der Waals surface area contributed by atoms with E-state index in [1.54, 1.807) is 13.0 Å². The van der Waals surface area contributed by atoms with Crippen molar-refractivity contribution in [2.45, 2.75) is 13.8 Å². The number of rotatable bonds is 3. The van der Waals surface area contributed by atoms with Gasteiger partial charge in [-0.1, -0.05) is 24.4 Å². The number of hydrogen-bond acceptors (Lipinski definition) is 3. The van der Waals surface area contributed by atoms with Crippen molar-refractivity contribution in [1.29, 1.82) is 0 Å². The second-order valence-electron chi connectivity index (χ2n) is 3.21. The van der Waals surface area contributed by atoms with Gasteiger partial charge < -0.3 is 10.5 Å². The number of anilines is 1. The number of nitrogens with one attached hydrogen (secondary N) is 1. The fourth-order valence-electron chi connectivity index (χ4n) is 1.38. The van der Waals surface area contributed by atoms with Crippen LogP contribution in [-0.2, 0) is 4.74 Å². The summed E-state index contributed by atoms with van der Waals surface area (Å²) in [6, 6.07) is 5.43. The zero-order valence-electron chi connectivity index (χ0n) is 9.24. The van der Waals surface area contributed by atoms with Crippen molar-refractivity contribution < 1.29 is 9.53 Å². The monoisotopic (exact) mass is 238 g/mol. The molecule has 0 spiro atoms.